The van der Waals surface area contributed by atoms with Gasteiger partial charge in [0.15, 0.2) is 9.84 Å². The Balaban J connectivity index is 2.06. The first-order chi connectivity index (χ1) is 8.08. The van der Waals surface area contributed by atoms with Gasteiger partial charge in [-0.2, -0.15) is 0 Å². The van der Waals surface area contributed by atoms with Crippen LogP contribution in [0.15, 0.2) is 35.2 Å². The number of ketones is 1. The Morgan fingerprint density at radius 3 is 2.24 bits per heavy atom. The van der Waals surface area contributed by atoms with Crippen LogP contribution in [0.3, 0.4) is 0 Å². The van der Waals surface area contributed by atoms with Gasteiger partial charge in [0.1, 0.15) is 5.78 Å². The highest BCUT2D eigenvalue weighted by Gasteiger charge is 2.25. The fourth-order valence-electron chi connectivity index (χ4n) is 2.20. The van der Waals surface area contributed by atoms with Crippen LogP contribution in [-0.2, 0) is 14.6 Å². The standard InChI is InChI=1S/C13H16O3S/c14-12-8-6-11(7-9-12)10-17(15,16)13-4-2-1-3-5-13/h1-5,11H,6-10H2. The molecule has 1 aromatic carbocycles. The van der Waals surface area contributed by atoms with Gasteiger partial charge in [0, 0.05) is 12.8 Å². The first kappa shape index (κ1) is 12.3. The molecule has 0 radical (unpaired) electrons. The second-order valence-electron chi connectivity index (χ2n) is 4.58. The Hall–Kier alpha value is -1.16. The van der Waals surface area contributed by atoms with Crippen LogP contribution in [0.5, 0.6) is 0 Å². The minimum Gasteiger partial charge on any atom is -0.300 e. The van der Waals surface area contributed by atoms with E-state index in [9.17, 15) is 13.2 Å². The Morgan fingerprint density at radius 1 is 1.06 bits per heavy atom. The van der Waals surface area contributed by atoms with E-state index in [-0.39, 0.29) is 17.5 Å². The van der Waals surface area contributed by atoms with Crippen molar-refractivity contribution in [3.8, 4) is 0 Å². The lowest BCUT2D eigenvalue weighted by Gasteiger charge is -2.20. The highest BCUT2D eigenvalue weighted by molar-refractivity contribution is 7.91. The summed E-state index contributed by atoms with van der Waals surface area (Å²) in [5.74, 6) is 0.570. The van der Waals surface area contributed by atoms with E-state index in [2.05, 4.69) is 0 Å². The van der Waals surface area contributed by atoms with Gasteiger partial charge in [-0.25, -0.2) is 8.42 Å². The summed E-state index contributed by atoms with van der Waals surface area (Å²) < 4.78 is 24.2. The van der Waals surface area contributed by atoms with E-state index < -0.39 is 9.84 Å². The van der Waals surface area contributed by atoms with Crippen molar-refractivity contribution in [3.05, 3.63) is 30.3 Å². The quantitative estimate of drug-likeness (QED) is 0.828. The first-order valence-electron chi connectivity index (χ1n) is 5.87. The second-order valence-corrected chi connectivity index (χ2v) is 6.61. The molecule has 0 aromatic heterocycles. The lowest BCUT2D eigenvalue weighted by molar-refractivity contribution is -0.120. The zero-order valence-electron chi connectivity index (χ0n) is 9.63. The maximum absolute atomic E-state index is 12.1. The third-order valence-corrected chi connectivity index (χ3v) is 5.12. The fraction of sp³-hybridized carbons (Fsp3) is 0.462. The highest BCUT2D eigenvalue weighted by atomic mass is 32.2. The molecule has 0 bridgehead atoms. The van der Waals surface area contributed by atoms with Crippen LogP contribution in [0.1, 0.15) is 25.7 Å². The molecule has 1 aliphatic carbocycles. The van der Waals surface area contributed by atoms with Gasteiger partial charge in [0.05, 0.1) is 10.6 Å². The molecule has 1 fully saturated rings. The van der Waals surface area contributed by atoms with E-state index in [1.54, 1.807) is 30.3 Å². The average Bonchev–Trinajstić information content (AvgIpc) is 2.33. The van der Waals surface area contributed by atoms with E-state index in [0.717, 1.165) is 0 Å². The maximum atomic E-state index is 12.1. The molecule has 17 heavy (non-hydrogen) atoms. The van der Waals surface area contributed by atoms with Crippen molar-refractivity contribution in [3.63, 3.8) is 0 Å². The largest absolute Gasteiger partial charge is 0.300 e. The molecule has 0 saturated heterocycles. The smallest absolute Gasteiger partial charge is 0.178 e. The van der Waals surface area contributed by atoms with E-state index in [1.807, 2.05) is 0 Å². The summed E-state index contributed by atoms with van der Waals surface area (Å²) in [5.41, 5.74) is 0. The molecule has 0 heterocycles. The lowest BCUT2D eigenvalue weighted by Crippen LogP contribution is -2.22. The SMILES string of the molecule is O=C1CCC(CS(=O)(=O)c2ccccc2)CC1. The van der Waals surface area contributed by atoms with Gasteiger partial charge in [-0.3, -0.25) is 4.79 Å². The zero-order chi connectivity index (χ0) is 12.3. The molecule has 0 atom stereocenters. The van der Waals surface area contributed by atoms with Crippen LogP contribution in [-0.4, -0.2) is 20.0 Å². The summed E-state index contributed by atoms with van der Waals surface area (Å²) in [6, 6.07) is 8.53. The van der Waals surface area contributed by atoms with Crippen molar-refractivity contribution >= 4 is 15.6 Å². The van der Waals surface area contributed by atoms with Crippen LogP contribution in [0.25, 0.3) is 0 Å². The average molecular weight is 252 g/mol. The van der Waals surface area contributed by atoms with Crippen molar-refractivity contribution in [2.24, 2.45) is 5.92 Å². The van der Waals surface area contributed by atoms with Crippen molar-refractivity contribution in [2.75, 3.05) is 5.75 Å². The molecule has 0 N–H and O–H groups in total. The molecular formula is C13H16O3S. The van der Waals surface area contributed by atoms with Gasteiger partial charge in [-0.15, -0.1) is 0 Å². The van der Waals surface area contributed by atoms with Crippen LogP contribution >= 0.6 is 0 Å². The van der Waals surface area contributed by atoms with E-state index in [1.165, 1.54) is 0 Å². The number of rotatable bonds is 3. The predicted molar refractivity (Wildman–Crippen MR) is 65.5 cm³/mol. The summed E-state index contributed by atoms with van der Waals surface area (Å²) in [6.07, 6.45) is 2.50. The number of carbonyl (C=O) groups excluding carboxylic acids is 1. The van der Waals surface area contributed by atoms with E-state index in [4.69, 9.17) is 0 Å². The van der Waals surface area contributed by atoms with Crippen LogP contribution in [0, 0.1) is 5.92 Å². The molecular weight excluding hydrogens is 236 g/mol. The molecule has 0 unspecified atom stereocenters. The van der Waals surface area contributed by atoms with Crippen molar-refractivity contribution in [1.29, 1.82) is 0 Å². The van der Waals surface area contributed by atoms with Crippen molar-refractivity contribution in [2.45, 2.75) is 30.6 Å². The molecule has 1 saturated carbocycles. The summed E-state index contributed by atoms with van der Waals surface area (Å²) in [4.78, 5) is 11.5. The Labute approximate surface area is 102 Å². The Bertz CT molecular complexity index is 481. The minimum atomic E-state index is -3.19. The predicted octanol–water partition coefficient (Wildman–Crippen LogP) is 2.22. The molecule has 1 aromatic rings. The van der Waals surface area contributed by atoms with Gasteiger partial charge in [-0.05, 0) is 30.9 Å². The fourth-order valence-corrected chi connectivity index (χ4v) is 3.92. The number of Topliss-reactive ketones (excluding diaryl/α,β-unsaturated/α-hetero) is 1. The normalized spacial score (nSPS) is 18.2. The van der Waals surface area contributed by atoms with Gasteiger partial charge in [0.25, 0.3) is 0 Å². The van der Waals surface area contributed by atoms with E-state index in [0.29, 0.717) is 30.6 Å². The number of benzene rings is 1. The summed E-state index contributed by atoms with van der Waals surface area (Å²) >= 11 is 0. The first-order valence-corrected chi connectivity index (χ1v) is 7.53. The molecule has 1 aliphatic rings. The molecule has 0 spiro atoms. The van der Waals surface area contributed by atoms with Gasteiger partial charge >= 0.3 is 0 Å². The number of sulfone groups is 1. The van der Waals surface area contributed by atoms with Crippen molar-refractivity contribution in [1.82, 2.24) is 0 Å². The Morgan fingerprint density at radius 2 is 1.65 bits per heavy atom. The summed E-state index contributed by atoms with van der Waals surface area (Å²) in [7, 11) is -3.19. The third kappa shape index (κ3) is 3.16. The summed E-state index contributed by atoms with van der Waals surface area (Å²) in [6.45, 7) is 0. The molecule has 3 nitrogen and oxygen atoms in total. The second kappa shape index (κ2) is 5.00. The van der Waals surface area contributed by atoms with Crippen LogP contribution < -0.4 is 0 Å². The zero-order valence-corrected chi connectivity index (χ0v) is 10.4. The van der Waals surface area contributed by atoms with Gasteiger partial charge in [0.2, 0.25) is 0 Å². The van der Waals surface area contributed by atoms with Gasteiger partial charge < -0.3 is 0 Å². The Kier molecular flexibility index (Phi) is 3.62. The molecule has 92 valence electrons. The monoisotopic (exact) mass is 252 g/mol. The molecule has 0 aliphatic heterocycles. The van der Waals surface area contributed by atoms with E-state index >= 15 is 0 Å². The van der Waals surface area contributed by atoms with Crippen LogP contribution in [0.2, 0.25) is 0 Å². The van der Waals surface area contributed by atoms with Crippen molar-refractivity contribution < 1.29 is 13.2 Å². The number of hydrogen-bond acceptors (Lipinski definition) is 3. The number of carbonyl (C=O) groups is 1. The topological polar surface area (TPSA) is 51.2 Å². The third-order valence-electron chi connectivity index (χ3n) is 3.22. The number of hydrogen-bond donors (Lipinski definition) is 0. The highest BCUT2D eigenvalue weighted by Crippen LogP contribution is 2.25. The molecule has 0 amide bonds. The van der Waals surface area contributed by atoms with Gasteiger partial charge in [-0.1, -0.05) is 18.2 Å². The van der Waals surface area contributed by atoms with Crippen LogP contribution in [0.4, 0.5) is 0 Å². The lowest BCUT2D eigenvalue weighted by atomic mass is 9.90. The molecule has 4 heteroatoms. The maximum Gasteiger partial charge on any atom is 0.178 e. The molecule has 2 rings (SSSR count). The minimum absolute atomic E-state index is 0.137. The summed E-state index contributed by atoms with van der Waals surface area (Å²) in [5, 5.41) is 0.